The molecule has 0 amide bonds. The molecule has 3 N–H and O–H groups in total. The summed E-state index contributed by atoms with van der Waals surface area (Å²) in [5.74, 6) is -0.676. The molecule has 0 rings (SSSR count). The Bertz CT molecular complexity index is 161. The number of aliphatic hydroxyl groups excluding tert-OH is 1. The molecule has 6 heteroatoms. The third-order valence-electron chi connectivity index (χ3n) is 0.904. The highest BCUT2D eigenvalue weighted by Crippen LogP contribution is 1.98. The molecule has 0 aromatic carbocycles. The molecule has 0 heterocycles. The van der Waals surface area contributed by atoms with E-state index >= 15 is 0 Å². The second kappa shape index (κ2) is 5.44. The van der Waals surface area contributed by atoms with Gasteiger partial charge in [0, 0.05) is 22.6 Å². The molecule has 0 radical (unpaired) electrons. The molecule has 0 bridgehead atoms. The normalized spacial score (nSPS) is 12.3. The second-order valence-corrected chi connectivity index (χ2v) is 2.82. The number of rotatable bonds is 4. The van der Waals surface area contributed by atoms with Crippen molar-refractivity contribution in [1.29, 1.82) is 0 Å². The van der Waals surface area contributed by atoms with Gasteiger partial charge in [-0.05, 0) is 0 Å². The third-order valence-corrected chi connectivity index (χ3v) is 1.70. The first-order valence-electron chi connectivity index (χ1n) is 2.79. The van der Waals surface area contributed by atoms with Gasteiger partial charge in [0.05, 0.1) is 12.5 Å². The van der Waals surface area contributed by atoms with Crippen molar-refractivity contribution in [2.24, 2.45) is 5.73 Å². The summed E-state index contributed by atoms with van der Waals surface area (Å²) >= 11 is 1.50. The fourth-order valence-corrected chi connectivity index (χ4v) is 0.611. The number of carbonyl (C=O) groups is 2. The van der Waals surface area contributed by atoms with Gasteiger partial charge in [-0.1, -0.05) is 0 Å². The van der Waals surface area contributed by atoms with Crippen molar-refractivity contribution < 1.29 is 19.4 Å². The number of hydrogen-bond donors (Lipinski definition) is 2. The lowest BCUT2D eigenvalue weighted by molar-refractivity contribution is -0.152. The van der Waals surface area contributed by atoms with Gasteiger partial charge in [-0.2, -0.15) is 0 Å². The molecular weight excluding hydrogens is 265 g/mol. The first-order valence-corrected chi connectivity index (χ1v) is 3.87. The average Bonchev–Trinajstić information content (AvgIpc) is 1.87. The van der Waals surface area contributed by atoms with Gasteiger partial charge in [0.1, 0.15) is 0 Å². The van der Waals surface area contributed by atoms with E-state index in [-0.39, 0.29) is 10.2 Å². The minimum absolute atomic E-state index is 0.192. The Kier molecular flexibility index (Phi) is 5.34. The number of nitrogens with two attached hydrogens (primary N) is 1. The van der Waals surface area contributed by atoms with E-state index in [1.807, 2.05) is 0 Å². The molecule has 0 aliphatic rings. The van der Waals surface area contributed by atoms with E-state index in [0.717, 1.165) is 0 Å². The first kappa shape index (κ1) is 10.8. The van der Waals surface area contributed by atoms with Crippen molar-refractivity contribution in [3.05, 3.63) is 0 Å². The molecule has 0 aliphatic heterocycles. The summed E-state index contributed by atoms with van der Waals surface area (Å²) in [6.45, 7) is -0.680. The number of hydrogen-bond acceptors (Lipinski definition) is 5. The summed E-state index contributed by atoms with van der Waals surface area (Å²) in [4.78, 5) is 21.0. The summed E-state index contributed by atoms with van der Waals surface area (Å²) in [5.41, 5.74) is 5.21. The summed E-state index contributed by atoms with van der Waals surface area (Å²) in [7, 11) is 0. The molecule has 0 aromatic heterocycles. The smallest absolute Gasteiger partial charge is 0.309 e. The standard InChI is InChI=1S/C5H8INO4/c6-5(10)3(7)1-4(9)11-2-8/h3,8H,1-2,7H2. The van der Waals surface area contributed by atoms with Crippen LogP contribution >= 0.6 is 22.6 Å². The van der Waals surface area contributed by atoms with Crippen molar-refractivity contribution in [2.45, 2.75) is 12.5 Å². The van der Waals surface area contributed by atoms with Crippen LogP contribution in [0.1, 0.15) is 6.42 Å². The fourth-order valence-electron chi connectivity index (χ4n) is 0.391. The predicted molar refractivity (Wildman–Crippen MR) is 44.8 cm³/mol. The third kappa shape index (κ3) is 5.10. The maximum Gasteiger partial charge on any atom is 0.309 e. The molecule has 1 atom stereocenters. The van der Waals surface area contributed by atoms with E-state index < -0.39 is 18.8 Å². The molecular formula is C5H8INO4. The number of ether oxygens (including phenoxy) is 1. The Balaban J connectivity index is 3.66. The zero-order valence-electron chi connectivity index (χ0n) is 5.62. The van der Waals surface area contributed by atoms with Gasteiger partial charge in [-0.25, -0.2) is 0 Å². The summed E-state index contributed by atoms with van der Waals surface area (Å²) < 4.78 is 3.84. The number of aliphatic hydroxyl groups is 1. The fraction of sp³-hybridized carbons (Fsp3) is 0.600. The molecule has 11 heavy (non-hydrogen) atoms. The van der Waals surface area contributed by atoms with Crippen LogP contribution in [0.3, 0.4) is 0 Å². The van der Waals surface area contributed by atoms with Crippen LogP contribution in [0.15, 0.2) is 0 Å². The van der Waals surface area contributed by atoms with Crippen molar-refractivity contribution in [3.63, 3.8) is 0 Å². The second-order valence-electron chi connectivity index (χ2n) is 1.76. The van der Waals surface area contributed by atoms with Gasteiger partial charge in [-0.15, -0.1) is 0 Å². The van der Waals surface area contributed by atoms with E-state index in [0.29, 0.717) is 0 Å². The molecule has 0 aliphatic carbocycles. The Morgan fingerprint density at radius 3 is 2.55 bits per heavy atom. The number of esters is 1. The van der Waals surface area contributed by atoms with E-state index in [1.54, 1.807) is 0 Å². The van der Waals surface area contributed by atoms with Crippen LogP contribution in [0.25, 0.3) is 0 Å². The summed E-state index contributed by atoms with van der Waals surface area (Å²) in [6.07, 6.45) is -0.192. The lowest BCUT2D eigenvalue weighted by Crippen LogP contribution is -2.30. The maximum atomic E-state index is 10.5. The minimum atomic E-state index is -0.838. The Morgan fingerprint density at radius 1 is 1.64 bits per heavy atom. The molecule has 0 spiro atoms. The first-order chi connectivity index (χ1) is 5.07. The Morgan fingerprint density at radius 2 is 2.18 bits per heavy atom. The highest BCUT2D eigenvalue weighted by atomic mass is 127. The van der Waals surface area contributed by atoms with Crippen LogP contribution in [-0.2, 0) is 14.3 Å². The van der Waals surface area contributed by atoms with E-state index in [1.165, 1.54) is 22.6 Å². The van der Waals surface area contributed by atoms with Crippen LogP contribution in [0, 0.1) is 0 Å². The number of halogens is 1. The van der Waals surface area contributed by atoms with Gasteiger partial charge >= 0.3 is 5.97 Å². The van der Waals surface area contributed by atoms with Gasteiger partial charge in [0.25, 0.3) is 0 Å². The zero-order chi connectivity index (χ0) is 8.85. The van der Waals surface area contributed by atoms with Crippen LogP contribution in [0.4, 0.5) is 0 Å². The van der Waals surface area contributed by atoms with Crippen molar-refractivity contribution in [1.82, 2.24) is 0 Å². The quantitative estimate of drug-likeness (QED) is 0.301. The van der Waals surface area contributed by atoms with Crippen molar-refractivity contribution >= 4 is 32.4 Å². The van der Waals surface area contributed by atoms with Gasteiger partial charge < -0.3 is 15.6 Å². The summed E-state index contributed by atoms with van der Waals surface area (Å²) in [5, 5.41) is 8.12. The van der Waals surface area contributed by atoms with Crippen LogP contribution in [0.5, 0.6) is 0 Å². The molecule has 64 valence electrons. The molecule has 0 fully saturated rings. The maximum absolute atomic E-state index is 10.5. The van der Waals surface area contributed by atoms with Gasteiger partial charge in [-0.3, -0.25) is 9.59 Å². The molecule has 0 saturated heterocycles. The lowest BCUT2D eigenvalue weighted by atomic mass is 10.2. The Labute approximate surface area is 77.0 Å². The molecule has 1 unspecified atom stereocenters. The number of carbonyl (C=O) groups excluding carboxylic acids is 2. The van der Waals surface area contributed by atoms with E-state index in [2.05, 4.69) is 4.74 Å². The molecule has 0 aromatic rings. The van der Waals surface area contributed by atoms with Crippen molar-refractivity contribution in [3.8, 4) is 0 Å². The lowest BCUT2D eigenvalue weighted by Gasteiger charge is -2.04. The predicted octanol–water partition coefficient (Wildman–Crippen LogP) is -0.842. The average molecular weight is 273 g/mol. The molecule has 5 nitrogen and oxygen atoms in total. The zero-order valence-corrected chi connectivity index (χ0v) is 7.78. The summed E-state index contributed by atoms with van der Waals surface area (Å²) in [6, 6.07) is -0.838. The van der Waals surface area contributed by atoms with Crippen LogP contribution < -0.4 is 5.73 Å². The van der Waals surface area contributed by atoms with E-state index in [9.17, 15) is 9.59 Å². The largest absolute Gasteiger partial charge is 0.439 e. The van der Waals surface area contributed by atoms with Gasteiger partial charge in [0.2, 0.25) is 3.79 Å². The highest BCUT2D eigenvalue weighted by Gasteiger charge is 2.15. The van der Waals surface area contributed by atoms with Crippen LogP contribution in [0.2, 0.25) is 0 Å². The van der Waals surface area contributed by atoms with Crippen molar-refractivity contribution in [2.75, 3.05) is 6.79 Å². The molecule has 0 saturated carbocycles. The topological polar surface area (TPSA) is 89.6 Å². The van der Waals surface area contributed by atoms with Crippen LogP contribution in [-0.4, -0.2) is 27.7 Å². The van der Waals surface area contributed by atoms with Gasteiger partial charge in [0.15, 0.2) is 6.79 Å². The minimum Gasteiger partial charge on any atom is -0.439 e. The van der Waals surface area contributed by atoms with E-state index in [4.69, 9.17) is 10.8 Å². The monoisotopic (exact) mass is 273 g/mol. The Hall–Kier alpha value is -0.210. The SMILES string of the molecule is NC(CC(=O)OCO)C(=O)I. The highest BCUT2D eigenvalue weighted by molar-refractivity contribution is 14.1.